The Balaban J connectivity index is 3.56. The van der Waals surface area contributed by atoms with E-state index in [-0.39, 0.29) is 12.7 Å². The normalized spacial score (nSPS) is 14.0. The SMILES string of the molecule is CCOC(=O)N=S(C)(=O)c1ccc([N+](=O)[O-])cc1C(F)(F)F. The quantitative estimate of drug-likeness (QED) is 0.621. The lowest BCUT2D eigenvalue weighted by Gasteiger charge is -2.13. The molecule has 0 spiro atoms. The third-order valence-corrected chi connectivity index (χ3v) is 4.07. The van der Waals surface area contributed by atoms with Crippen molar-refractivity contribution in [2.24, 2.45) is 4.36 Å². The number of hydrogen-bond donors (Lipinski definition) is 0. The highest BCUT2D eigenvalue weighted by atomic mass is 32.2. The van der Waals surface area contributed by atoms with Crippen molar-refractivity contribution in [3.63, 3.8) is 0 Å². The van der Waals surface area contributed by atoms with Crippen LogP contribution in [0.25, 0.3) is 0 Å². The molecule has 0 fully saturated rings. The second-order valence-corrected chi connectivity index (χ2v) is 6.26. The largest absolute Gasteiger partial charge is 0.448 e. The summed E-state index contributed by atoms with van der Waals surface area (Å²) in [5, 5.41) is 10.6. The molecule has 122 valence electrons. The number of carbonyl (C=O) groups excluding carboxylic acids is 1. The molecule has 0 radical (unpaired) electrons. The zero-order valence-corrected chi connectivity index (χ0v) is 12.2. The Kier molecular flexibility index (Phi) is 5.12. The minimum atomic E-state index is -5.00. The molecule has 1 atom stereocenters. The molecule has 1 aromatic carbocycles. The van der Waals surface area contributed by atoms with E-state index < -0.39 is 43.1 Å². The van der Waals surface area contributed by atoms with Crippen molar-refractivity contribution < 1.29 is 31.8 Å². The van der Waals surface area contributed by atoms with Crippen molar-refractivity contribution in [1.29, 1.82) is 0 Å². The lowest BCUT2D eigenvalue weighted by molar-refractivity contribution is -0.385. The highest BCUT2D eigenvalue weighted by Crippen LogP contribution is 2.36. The van der Waals surface area contributed by atoms with Gasteiger partial charge in [-0.15, -0.1) is 4.36 Å². The summed E-state index contributed by atoms with van der Waals surface area (Å²) in [5.74, 6) is 0. The minimum Gasteiger partial charge on any atom is -0.448 e. The predicted octanol–water partition coefficient (Wildman–Crippen LogP) is 3.23. The van der Waals surface area contributed by atoms with Crippen LogP contribution >= 0.6 is 0 Å². The summed E-state index contributed by atoms with van der Waals surface area (Å²) in [5.41, 5.74) is -2.30. The Labute approximate surface area is 123 Å². The zero-order valence-electron chi connectivity index (χ0n) is 11.4. The van der Waals surface area contributed by atoms with E-state index in [1.54, 1.807) is 0 Å². The second-order valence-electron chi connectivity index (χ2n) is 4.03. The molecule has 0 aliphatic carbocycles. The Morgan fingerprint density at radius 1 is 1.45 bits per heavy atom. The summed E-state index contributed by atoms with van der Waals surface area (Å²) in [6.07, 6.45) is -5.45. The molecule has 0 N–H and O–H groups in total. The maximum atomic E-state index is 13.0. The second kappa shape index (κ2) is 6.30. The summed E-state index contributed by atoms with van der Waals surface area (Å²) in [4.78, 5) is 19.9. The Morgan fingerprint density at radius 2 is 2.05 bits per heavy atom. The lowest BCUT2D eigenvalue weighted by Crippen LogP contribution is -2.14. The first-order valence-electron chi connectivity index (χ1n) is 5.73. The van der Waals surface area contributed by atoms with Crippen LogP contribution in [0.5, 0.6) is 0 Å². The number of nitrogens with zero attached hydrogens (tertiary/aromatic N) is 2. The minimum absolute atomic E-state index is 0.0930. The summed E-state index contributed by atoms with van der Waals surface area (Å²) >= 11 is 0. The molecule has 0 bridgehead atoms. The molecule has 1 rings (SSSR count). The third kappa shape index (κ3) is 4.16. The van der Waals surface area contributed by atoms with Gasteiger partial charge in [0.1, 0.15) is 0 Å². The Morgan fingerprint density at radius 3 is 2.50 bits per heavy atom. The number of non-ortho nitro benzene ring substituents is 1. The van der Waals surface area contributed by atoms with Gasteiger partial charge >= 0.3 is 12.3 Å². The van der Waals surface area contributed by atoms with E-state index in [1.165, 1.54) is 6.92 Å². The van der Waals surface area contributed by atoms with E-state index in [2.05, 4.69) is 9.10 Å². The van der Waals surface area contributed by atoms with E-state index >= 15 is 0 Å². The number of benzene rings is 1. The van der Waals surface area contributed by atoms with Gasteiger partial charge in [-0.2, -0.15) is 13.2 Å². The van der Waals surface area contributed by atoms with Crippen molar-refractivity contribution in [3.8, 4) is 0 Å². The molecule has 1 aromatic rings. The molecule has 1 amide bonds. The molecule has 11 heteroatoms. The summed E-state index contributed by atoms with van der Waals surface area (Å²) < 4.78 is 58.8. The molecule has 1 unspecified atom stereocenters. The number of rotatable bonds is 3. The van der Waals surface area contributed by atoms with Crippen molar-refractivity contribution in [1.82, 2.24) is 0 Å². The van der Waals surface area contributed by atoms with Crippen LogP contribution in [0.3, 0.4) is 0 Å². The molecule has 22 heavy (non-hydrogen) atoms. The number of hydrogen-bond acceptors (Lipinski definition) is 5. The molecule has 0 saturated heterocycles. The Hall–Kier alpha value is -2.17. The number of carbonyl (C=O) groups is 1. The number of alkyl halides is 3. The summed E-state index contributed by atoms with van der Waals surface area (Å²) in [6.45, 7) is 1.35. The number of amides is 1. The van der Waals surface area contributed by atoms with E-state index in [4.69, 9.17) is 0 Å². The van der Waals surface area contributed by atoms with Gasteiger partial charge in [0.15, 0.2) is 0 Å². The molecular weight excluding hydrogens is 329 g/mol. The molecule has 0 aliphatic rings. The zero-order chi connectivity index (χ0) is 17.1. The van der Waals surface area contributed by atoms with Crippen LogP contribution in [0.2, 0.25) is 0 Å². The average molecular weight is 340 g/mol. The van der Waals surface area contributed by atoms with E-state index in [9.17, 15) is 32.3 Å². The maximum Gasteiger partial charge on any atom is 0.442 e. The van der Waals surface area contributed by atoms with Gasteiger partial charge in [0, 0.05) is 18.4 Å². The first-order valence-corrected chi connectivity index (χ1v) is 7.66. The first kappa shape index (κ1) is 17.9. The summed E-state index contributed by atoms with van der Waals surface area (Å²) in [7, 11) is -3.78. The van der Waals surface area contributed by atoms with Crippen LogP contribution in [0, 0.1) is 10.1 Å². The monoisotopic (exact) mass is 340 g/mol. The fourth-order valence-electron chi connectivity index (χ4n) is 1.52. The van der Waals surface area contributed by atoms with E-state index in [0.29, 0.717) is 6.07 Å². The molecular formula is C11H11F3N2O5S. The number of halogens is 3. The van der Waals surface area contributed by atoms with Crippen LogP contribution < -0.4 is 0 Å². The highest BCUT2D eigenvalue weighted by molar-refractivity contribution is 7.93. The van der Waals surface area contributed by atoms with Gasteiger partial charge in [-0.25, -0.2) is 9.00 Å². The molecule has 0 saturated carbocycles. The fraction of sp³-hybridized carbons (Fsp3) is 0.364. The van der Waals surface area contributed by atoms with Crippen molar-refractivity contribution in [3.05, 3.63) is 33.9 Å². The van der Waals surface area contributed by atoms with Gasteiger partial charge < -0.3 is 4.74 Å². The maximum absolute atomic E-state index is 13.0. The van der Waals surface area contributed by atoms with E-state index in [1.807, 2.05) is 0 Å². The van der Waals surface area contributed by atoms with Gasteiger partial charge in [0.05, 0.1) is 31.7 Å². The molecule has 7 nitrogen and oxygen atoms in total. The predicted molar refractivity (Wildman–Crippen MR) is 69.9 cm³/mol. The number of ether oxygens (including phenoxy) is 1. The Bertz CT molecular complexity index is 723. The van der Waals surface area contributed by atoms with Gasteiger partial charge in [-0.05, 0) is 13.0 Å². The van der Waals surface area contributed by atoms with Gasteiger partial charge in [-0.3, -0.25) is 10.1 Å². The smallest absolute Gasteiger partial charge is 0.442 e. The van der Waals surface area contributed by atoms with Crippen LogP contribution in [-0.2, 0) is 20.6 Å². The van der Waals surface area contributed by atoms with Crippen LogP contribution in [0.4, 0.5) is 23.7 Å². The topological polar surface area (TPSA) is 98.9 Å². The lowest BCUT2D eigenvalue weighted by atomic mass is 10.2. The van der Waals surface area contributed by atoms with Crippen molar-refractivity contribution >= 4 is 21.5 Å². The van der Waals surface area contributed by atoms with Gasteiger partial charge in [0.25, 0.3) is 5.69 Å². The van der Waals surface area contributed by atoms with Crippen LogP contribution in [0.15, 0.2) is 27.5 Å². The fourth-order valence-corrected chi connectivity index (χ4v) is 2.86. The highest BCUT2D eigenvalue weighted by Gasteiger charge is 2.37. The van der Waals surface area contributed by atoms with E-state index in [0.717, 1.165) is 12.3 Å². The van der Waals surface area contributed by atoms with Crippen molar-refractivity contribution in [2.75, 3.05) is 12.9 Å². The molecule has 0 aromatic heterocycles. The first-order chi connectivity index (χ1) is 9.99. The number of nitro benzene ring substituents is 1. The van der Waals surface area contributed by atoms with Gasteiger partial charge in [-0.1, -0.05) is 0 Å². The number of nitro groups is 1. The standard InChI is InChI=1S/C11H11F3N2O5S/c1-3-21-10(17)15-22(2,20)9-5-4-7(16(18)19)6-8(9)11(12,13)14/h4-6H,3H2,1-2H3. The molecule has 0 aliphatic heterocycles. The van der Waals surface area contributed by atoms with Crippen molar-refractivity contribution in [2.45, 2.75) is 18.0 Å². The third-order valence-electron chi connectivity index (χ3n) is 2.40. The van der Waals surface area contributed by atoms with Crippen LogP contribution in [-0.4, -0.2) is 28.1 Å². The van der Waals surface area contributed by atoms with Crippen LogP contribution in [0.1, 0.15) is 12.5 Å². The molecule has 0 heterocycles. The van der Waals surface area contributed by atoms with Gasteiger partial charge in [0.2, 0.25) is 0 Å². The summed E-state index contributed by atoms with van der Waals surface area (Å²) in [6, 6.07) is 1.68. The average Bonchev–Trinajstić information content (AvgIpc) is 2.36.